The minimum atomic E-state index is 0.272. The predicted octanol–water partition coefficient (Wildman–Crippen LogP) is 1.64. The average Bonchev–Trinajstić information content (AvgIpc) is 2.45. The van der Waals surface area contributed by atoms with Crippen LogP contribution in [-0.4, -0.2) is 44.9 Å². The second kappa shape index (κ2) is 6.37. The van der Waals surface area contributed by atoms with E-state index in [2.05, 4.69) is 24.8 Å². The van der Waals surface area contributed by atoms with Gasteiger partial charge in [0.15, 0.2) is 0 Å². The van der Waals surface area contributed by atoms with Gasteiger partial charge in [-0.25, -0.2) is 0 Å². The van der Waals surface area contributed by atoms with Crippen molar-refractivity contribution in [3.8, 4) is 5.75 Å². The van der Waals surface area contributed by atoms with Gasteiger partial charge in [-0.2, -0.15) is 0 Å². The Morgan fingerprint density at radius 1 is 1.26 bits per heavy atom. The van der Waals surface area contributed by atoms with Gasteiger partial charge in [-0.3, -0.25) is 4.90 Å². The smallest absolute Gasteiger partial charge is 0.122 e. The highest BCUT2D eigenvalue weighted by atomic mass is 16.5. The normalized spacial score (nSPS) is 18.3. The third-order valence-corrected chi connectivity index (χ3v) is 4.07. The summed E-state index contributed by atoms with van der Waals surface area (Å²) in [7, 11) is 1.71. The van der Waals surface area contributed by atoms with Gasteiger partial charge in [0.1, 0.15) is 5.75 Å². The van der Waals surface area contributed by atoms with Gasteiger partial charge in [0.05, 0.1) is 20.3 Å². The lowest BCUT2D eigenvalue weighted by molar-refractivity contribution is 0.0177. The summed E-state index contributed by atoms with van der Waals surface area (Å²) < 4.78 is 10.8. The molecule has 2 rings (SSSR count). The van der Waals surface area contributed by atoms with Crippen LogP contribution in [0.1, 0.15) is 22.7 Å². The van der Waals surface area contributed by atoms with Gasteiger partial charge in [0.2, 0.25) is 0 Å². The van der Waals surface area contributed by atoms with Crippen molar-refractivity contribution in [3.05, 3.63) is 28.8 Å². The van der Waals surface area contributed by atoms with Crippen molar-refractivity contribution >= 4 is 0 Å². The Morgan fingerprint density at radius 3 is 2.53 bits per heavy atom. The molecule has 1 aliphatic heterocycles. The van der Waals surface area contributed by atoms with Crippen LogP contribution in [0.25, 0.3) is 0 Å². The second-order valence-electron chi connectivity index (χ2n) is 5.01. The fourth-order valence-electron chi connectivity index (χ4n) is 2.76. The topological polar surface area (TPSA) is 47.7 Å². The molecule has 1 aromatic rings. The van der Waals surface area contributed by atoms with Crippen molar-refractivity contribution < 1.29 is 9.47 Å². The molecule has 1 fully saturated rings. The number of ether oxygens (including phenoxy) is 2. The maximum absolute atomic E-state index is 6.01. The van der Waals surface area contributed by atoms with Crippen LogP contribution in [-0.2, 0) is 4.74 Å². The minimum absolute atomic E-state index is 0.272. The van der Waals surface area contributed by atoms with Crippen molar-refractivity contribution in [1.82, 2.24) is 4.90 Å². The molecule has 106 valence electrons. The summed E-state index contributed by atoms with van der Waals surface area (Å²) in [6.07, 6.45) is 0. The molecule has 0 spiro atoms. The van der Waals surface area contributed by atoms with Crippen LogP contribution in [0.15, 0.2) is 12.1 Å². The van der Waals surface area contributed by atoms with Crippen molar-refractivity contribution in [3.63, 3.8) is 0 Å². The summed E-state index contributed by atoms with van der Waals surface area (Å²) in [5.41, 5.74) is 9.80. The van der Waals surface area contributed by atoms with E-state index >= 15 is 0 Å². The highest BCUT2D eigenvalue weighted by molar-refractivity contribution is 5.45. The first-order valence-electron chi connectivity index (χ1n) is 6.85. The highest BCUT2D eigenvalue weighted by Crippen LogP contribution is 2.30. The largest absolute Gasteiger partial charge is 0.496 e. The third-order valence-electron chi connectivity index (χ3n) is 4.07. The second-order valence-corrected chi connectivity index (χ2v) is 5.01. The molecule has 0 amide bonds. The molecule has 1 atom stereocenters. The predicted molar refractivity (Wildman–Crippen MR) is 76.7 cm³/mol. The summed E-state index contributed by atoms with van der Waals surface area (Å²) in [4.78, 5) is 2.41. The maximum atomic E-state index is 6.01. The molecule has 1 saturated heterocycles. The van der Waals surface area contributed by atoms with E-state index in [0.717, 1.165) is 32.1 Å². The maximum Gasteiger partial charge on any atom is 0.122 e. The molecule has 1 aromatic carbocycles. The third kappa shape index (κ3) is 2.91. The lowest BCUT2D eigenvalue weighted by atomic mass is 9.95. The molecular weight excluding hydrogens is 240 g/mol. The van der Waals surface area contributed by atoms with Crippen molar-refractivity contribution in [1.29, 1.82) is 0 Å². The summed E-state index contributed by atoms with van der Waals surface area (Å²) >= 11 is 0. The summed E-state index contributed by atoms with van der Waals surface area (Å²) in [5, 5.41) is 0. The average molecular weight is 264 g/mol. The van der Waals surface area contributed by atoms with Gasteiger partial charge in [-0.15, -0.1) is 0 Å². The molecular formula is C15H24N2O2. The van der Waals surface area contributed by atoms with Crippen LogP contribution in [0.2, 0.25) is 0 Å². The van der Waals surface area contributed by atoms with Gasteiger partial charge < -0.3 is 15.2 Å². The van der Waals surface area contributed by atoms with E-state index in [0.29, 0.717) is 6.54 Å². The fourth-order valence-corrected chi connectivity index (χ4v) is 2.76. The van der Waals surface area contributed by atoms with Gasteiger partial charge in [0.25, 0.3) is 0 Å². The summed E-state index contributed by atoms with van der Waals surface area (Å²) in [6, 6.07) is 4.46. The van der Waals surface area contributed by atoms with Gasteiger partial charge in [0, 0.05) is 25.7 Å². The molecule has 0 aliphatic carbocycles. The van der Waals surface area contributed by atoms with Crippen LogP contribution in [0.4, 0.5) is 0 Å². The number of morpholine rings is 1. The number of benzene rings is 1. The zero-order valence-corrected chi connectivity index (χ0v) is 12.1. The standard InChI is InChI=1S/C15H24N2O2/c1-11-12(2)15(18-3)5-4-13(11)14(10-16)17-6-8-19-9-7-17/h4-5,14H,6-10,16H2,1-3H3. The summed E-state index contributed by atoms with van der Waals surface area (Å²) in [5.74, 6) is 0.944. The Kier molecular flexibility index (Phi) is 4.80. The quantitative estimate of drug-likeness (QED) is 0.898. The monoisotopic (exact) mass is 264 g/mol. The van der Waals surface area contributed by atoms with Crippen LogP contribution >= 0.6 is 0 Å². The molecule has 0 aromatic heterocycles. The number of nitrogens with two attached hydrogens (primary N) is 1. The Hall–Kier alpha value is -1.10. The Labute approximate surface area is 115 Å². The molecule has 1 heterocycles. The Balaban J connectivity index is 2.30. The zero-order valence-electron chi connectivity index (χ0n) is 12.1. The number of nitrogens with zero attached hydrogens (tertiary/aromatic N) is 1. The van der Waals surface area contributed by atoms with Gasteiger partial charge in [-0.1, -0.05) is 6.07 Å². The van der Waals surface area contributed by atoms with Crippen molar-refractivity contribution in [2.24, 2.45) is 5.73 Å². The highest BCUT2D eigenvalue weighted by Gasteiger charge is 2.23. The Bertz CT molecular complexity index is 428. The molecule has 1 aliphatic rings. The minimum Gasteiger partial charge on any atom is -0.496 e. The molecule has 2 N–H and O–H groups in total. The first kappa shape index (κ1) is 14.3. The molecule has 0 radical (unpaired) electrons. The number of hydrogen-bond acceptors (Lipinski definition) is 4. The number of rotatable bonds is 4. The van der Waals surface area contributed by atoms with E-state index in [-0.39, 0.29) is 6.04 Å². The lowest BCUT2D eigenvalue weighted by Crippen LogP contribution is -2.42. The zero-order chi connectivity index (χ0) is 13.8. The van der Waals surface area contributed by atoms with E-state index in [9.17, 15) is 0 Å². The lowest BCUT2D eigenvalue weighted by Gasteiger charge is -2.35. The first-order valence-corrected chi connectivity index (χ1v) is 6.85. The van der Waals surface area contributed by atoms with Gasteiger partial charge >= 0.3 is 0 Å². The number of hydrogen-bond donors (Lipinski definition) is 1. The van der Waals surface area contributed by atoms with Crippen LogP contribution < -0.4 is 10.5 Å². The molecule has 4 heteroatoms. The van der Waals surface area contributed by atoms with Crippen LogP contribution in [0.3, 0.4) is 0 Å². The van der Waals surface area contributed by atoms with Crippen LogP contribution in [0.5, 0.6) is 5.75 Å². The molecule has 0 bridgehead atoms. The molecule has 19 heavy (non-hydrogen) atoms. The first-order chi connectivity index (χ1) is 9.19. The summed E-state index contributed by atoms with van der Waals surface area (Å²) in [6.45, 7) is 8.38. The number of methoxy groups -OCH3 is 1. The molecule has 0 saturated carbocycles. The van der Waals surface area contributed by atoms with E-state index in [1.807, 2.05) is 6.07 Å². The van der Waals surface area contributed by atoms with E-state index in [4.69, 9.17) is 15.2 Å². The van der Waals surface area contributed by atoms with Gasteiger partial charge in [-0.05, 0) is 36.6 Å². The fraction of sp³-hybridized carbons (Fsp3) is 0.600. The van der Waals surface area contributed by atoms with E-state index in [1.54, 1.807) is 7.11 Å². The molecule has 1 unspecified atom stereocenters. The van der Waals surface area contributed by atoms with Crippen molar-refractivity contribution in [2.45, 2.75) is 19.9 Å². The Morgan fingerprint density at radius 2 is 1.95 bits per heavy atom. The van der Waals surface area contributed by atoms with E-state index < -0.39 is 0 Å². The van der Waals surface area contributed by atoms with Crippen molar-refractivity contribution in [2.75, 3.05) is 40.0 Å². The molecule has 4 nitrogen and oxygen atoms in total. The van der Waals surface area contributed by atoms with E-state index in [1.165, 1.54) is 16.7 Å². The SMILES string of the molecule is COc1ccc(C(CN)N2CCOCC2)c(C)c1C. The van der Waals surface area contributed by atoms with Crippen LogP contribution in [0, 0.1) is 13.8 Å².